The highest BCUT2D eigenvalue weighted by Gasteiger charge is 2.32. The first-order chi connectivity index (χ1) is 6.83. The molecule has 1 fully saturated rings. The molecule has 1 aliphatic heterocycles. The maximum Gasteiger partial charge on any atom is 0.323 e. The number of amides is 2. The molecule has 1 atom stereocenters. The maximum atomic E-state index is 11.4. The third kappa shape index (κ3) is 1.32. The van der Waals surface area contributed by atoms with E-state index >= 15 is 0 Å². The summed E-state index contributed by atoms with van der Waals surface area (Å²) in [5.41, 5.74) is 0.687. The van der Waals surface area contributed by atoms with Crippen molar-refractivity contribution in [1.29, 1.82) is 0 Å². The fraction of sp³-hybridized carbons (Fsp3) is 0.222. The lowest BCUT2D eigenvalue weighted by Crippen LogP contribution is -2.32. The Kier molecular flexibility index (Phi) is 2.14. The van der Waals surface area contributed by atoms with Crippen molar-refractivity contribution < 1.29 is 4.79 Å². The summed E-state index contributed by atoms with van der Waals surface area (Å²) in [4.78, 5) is 23.2. The van der Waals surface area contributed by atoms with Crippen molar-refractivity contribution in [3.05, 3.63) is 35.2 Å². The summed E-state index contributed by atoms with van der Waals surface area (Å²) in [6.45, 7) is 0.275. The molecule has 0 spiro atoms. The Morgan fingerprint density at radius 3 is 2.71 bits per heavy atom. The zero-order valence-corrected chi connectivity index (χ0v) is 7.38. The lowest BCUT2D eigenvalue weighted by Gasteiger charge is -2.17. The van der Waals surface area contributed by atoms with E-state index in [1.165, 1.54) is 4.90 Å². The van der Waals surface area contributed by atoms with Gasteiger partial charge < -0.3 is 5.32 Å². The standard InChI is InChI=1S/C9H9N3O2/c13-9-10-6-8(11-14)12(9)7-4-2-1-3-5-7/h1-5,8H,6H2,(H,10,13). The van der Waals surface area contributed by atoms with Crippen LogP contribution in [0.4, 0.5) is 10.5 Å². The molecule has 0 radical (unpaired) electrons. The van der Waals surface area contributed by atoms with Gasteiger partial charge in [-0.1, -0.05) is 18.2 Å². The van der Waals surface area contributed by atoms with Crippen LogP contribution in [0.1, 0.15) is 0 Å². The van der Waals surface area contributed by atoms with Gasteiger partial charge in [-0.3, -0.25) is 4.90 Å². The maximum absolute atomic E-state index is 11.4. The van der Waals surface area contributed by atoms with Gasteiger partial charge in [0, 0.05) is 5.69 Å². The molecule has 0 bridgehead atoms. The van der Waals surface area contributed by atoms with Crippen LogP contribution < -0.4 is 10.2 Å². The number of nitrogens with one attached hydrogen (secondary N) is 1. The van der Waals surface area contributed by atoms with E-state index in [4.69, 9.17) is 0 Å². The van der Waals surface area contributed by atoms with E-state index < -0.39 is 6.17 Å². The van der Waals surface area contributed by atoms with Crippen LogP contribution in [0.15, 0.2) is 35.5 Å². The van der Waals surface area contributed by atoms with Gasteiger partial charge in [0.15, 0.2) is 6.17 Å². The van der Waals surface area contributed by atoms with Gasteiger partial charge in [0.2, 0.25) is 0 Å². The van der Waals surface area contributed by atoms with E-state index in [9.17, 15) is 9.70 Å². The minimum Gasteiger partial charge on any atom is -0.333 e. The van der Waals surface area contributed by atoms with Crippen LogP contribution in [0.25, 0.3) is 0 Å². The number of nitroso groups, excluding NO2 is 1. The van der Waals surface area contributed by atoms with E-state index in [2.05, 4.69) is 10.5 Å². The molecule has 5 heteroatoms. The first kappa shape index (κ1) is 8.68. The highest BCUT2D eigenvalue weighted by atomic mass is 16.3. The normalized spacial score (nSPS) is 20.7. The van der Waals surface area contributed by atoms with E-state index in [1.807, 2.05) is 18.2 Å². The van der Waals surface area contributed by atoms with Crippen LogP contribution >= 0.6 is 0 Å². The third-order valence-electron chi connectivity index (χ3n) is 2.11. The fourth-order valence-electron chi connectivity index (χ4n) is 1.45. The molecule has 1 aliphatic rings. The average molecular weight is 191 g/mol. The Balaban J connectivity index is 2.32. The van der Waals surface area contributed by atoms with Gasteiger partial charge in [-0.25, -0.2) is 4.79 Å². The van der Waals surface area contributed by atoms with E-state index in [-0.39, 0.29) is 12.6 Å². The Morgan fingerprint density at radius 2 is 2.07 bits per heavy atom. The quantitative estimate of drug-likeness (QED) is 0.716. The van der Waals surface area contributed by atoms with Crippen LogP contribution in [-0.2, 0) is 0 Å². The number of rotatable bonds is 2. The molecule has 0 aliphatic carbocycles. The van der Waals surface area contributed by atoms with E-state index in [0.717, 1.165) is 0 Å². The van der Waals surface area contributed by atoms with Gasteiger partial charge >= 0.3 is 6.03 Å². The molecular weight excluding hydrogens is 182 g/mol. The van der Waals surface area contributed by atoms with E-state index in [0.29, 0.717) is 5.69 Å². The van der Waals surface area contributed by atoms with Crippen molar-refractivity contribution >= 4 is 11.7 Å². The van der Waals surface area contributed by atoms with Crippen molar-refractivity contribution in [3.8, 4) is 0 Å². The summed E-state index contributed by atoms with van der Waals surface area (Å²) in [7, 11) is 0. The Morgan fingerprint density at radius 1 is 1.36 bits per heavy atom. The number of benzene rings is 1. The summed E-state index contributed by atoms with van der Waals surface area (Å²) in [6.07, 6.45) is -0.634. The van der Waals surface area contributed by atoms with Crippen LogP contribution in [0, 0.1) is 4.91 Å². The first-order valence-electron chi connectivity index (χ1n) is 4.27. The third-order valence-corrected chi connectivity index (χ3v) is 2.11. The van der Waals surface area contributed by atoms with Crippen LogP contribution in [0.2, 0.25) is 0 Å². The molecule has 2 rings (SSSR count). The van der Waals surface area contributed by atoms with Crippen molar-refractivity contribution in [2.45, 2.75) is 6.17 Å². The second-order valence-electron chi connectivity index (χ2n) is 2.98. The average Bonchev–Trinajstić information content (AvgIpc) is 2.61. The van der Waals surface area contributed by atoms with Gasteiger partial charge in [0.25, 0.3) is 0 Å². The van der Waals surface area contributed by atoms with Crippen LogP contribution in [0.5, 0.6) is 0 Å². The second-order valence-corrected chi connectivity index (χ2v) is 2.98. The van der Waals surface area contributed by atoms with Crippen LogP contribution in [0.3, 0.4) is 0 Å². The van der Waals surface area contributed by atoms with Crippen molar-refractivity contribution in [1.82, 2.24) is 5.32 Å². The van der Waals surface area contributed by atoms with Crippen molar-refractivity contribution in [2.75, 3.05) is 11.4 Å². The molecule has 1 unspecified atom stereocenters. The smallest absolute Gasteiger partial charge is 0.323 e. The molecule has 1 aromatic carbocycles. The summed E-state index contributed by atoms with van der Waals surface area (Å²) in [6, 6.07) is 8.72. The van der Waals surface area contributed by atoms with Crippen LogP contribution in [-0.4, -0.2) is 18.7 Å². The molecule has 1 heterocycles. The number of urea groups is 1. The zero-order valence-electron chi connectivity index (χ0n) is 7.38. The van der Waals surface area contributed by atoms with E-state index in [1.54, 1.807) is 12.1 Å². The topological polar surface area (TPSA) is 61.8 Å². The lowest BCUT2D eigenvalue weighted by molar-refractivity contribution is 0.251. The monoisotopic (exact) mass is 191 g/mol. The summed E-state index contributed by atoms with van der Waals surface area (Å²) >= 11 is 0. The van der Waals surface area contributed by atoms with Crippen molar-refractivity contribution in [2.24, 2.45) is 5.18 Å². The Hall–Kier alpha value is -1.91. The molecule has 1 saturated heterocycles. The molecule has 14 heavy (non-hydrogen) atoms. The number of anilines is 1. The number of carbonyl (C=O) groups is 1. The number of carbonyl (C=O) groups excluding carboxylic acids is 1. The van der Waals surface area contributed by atoms with Gasteiger partial charge in [-0.2, -0.15) is 0 Å². The molecule has 1 aromatic rings. The lowest BCUT2D eigenvalue weighted by atomic mass is 10.3. The van der Waals surface area contributed by atoms with Gasteiger partial charge in [-0.05, 0) is 17.3 Å². The first-order valence-corrected chi connectivity index (χ1v) is 4.27. The summed E-state index contributed by atoms with van der Waals surface area (Å²) < 4.78 is 0. The molecule has 0 saturated carbocycles. The largest absolute Gasteiger partial charge is 0.333 e. The second kappa shape index (κ2) is 3.45. The minimum atomic E-state index is -0.634. The van der Waals surface area contributed by atoms with Gasteiger partial charge in [0.05, 0.1) is 6.54 Å². The predicted octanol–water partition coefficient (Wildman–Crippen LogP) is 1.31. The number of hydrogen-bond acceptors (Lipinski definition) is 3. The molecule has 1 N–H and O–H groups in total. The molecule has 2 amide bonds. The number of para-hydroxylation sites is 1. The molecular formula is C9H9N3O2. The molecule has 72 valence electrons. The predicted molar refractivity (Wildman–Crippen MR) is 51.9 cm³/mol. The number of nitrogens with zero attached hydrogens (tertiary/aromatic N) is 2. The van der Waals surface area contributed by atoms with Crippen molar-refractivity contribution in [3.63, 3.8) is 0 Å². The highest BCUT2D eigenvalue weighted by molar-refractivity contribution is 5.94. The fourth-order valence-corrected chi connectivity index (χ4v) is 1.45. The Labute approximate surface area is 80.7 Å². The molecule has 0 aromatic heterocycles. The zero-order chi connectivity index (χ0) is 9.97. The number of hydrogen-bond donors (Lipinski definition) is 1. The van der Waals surface area contributed by atoms with Gasteiger partial charge in [-0.15, -0.1) is 4.91 Å². The minimum absolute atomic E-state index is 0.275. The Bertz CT molecular complexity index is 352. The summed E-state index contributed by atoms with van der Waals surface area (Å²) in [5.74, 6) is 0. The van der Waals surface area contributed by atoms with Gasteiger partial charge in [0.1, 0.15) is 0 Å². The SMILES string of the molecule is O=NC1CNC(=O)N1c1ccccc1. The highest BCUT2D eigenvalue weighted by Crippen LogP contribution is 2.20. The molecule has 5 nitrogen and oxygen atoms in total. The summed E-state index contributed by atoms with van der Waals surface area (Å²) in [5, 5.41) is 5.45.